The largest absolute Gasteiger partial charge is 0.308 e. The maximum atomic E-state index is 13.4. The fourth-order valence-corrected chi connectivity index (χ4v) is 5.28. The Morgan fingerprint density at radius 1 is 0.647 bits per heavy atom. The SMILES string of the molecule is Cc1ccc(S(=O)(=O)N[C@H](c2ccccc2)[C@H](NCCc2ccccc2)c2ccccc2)cc1. The van der Waals surface area contributed by atoms with Crippen LogP contribution in [0.25, 0.3) is 0 Å². The molecule has 0 bridgehead atoms. The second kappa shape index (κ2) is 11.3. The Balaban J connectivity index is 1.67. The second-order valence-electron chi connectivity index (χ2n) is 8.40. The summed E-state index contributed by atoms with van der Waals surface area (Å²) < 4.78 is 29.8. The molecule has 0 aromatic heterocycles. The molecule has 2 N–H and O–H groups in total. The van der Waals surface area contributed by atoms with E-state index < -0.39 is 16.1 Å². The Hall–Kier alpha value is -3.25. The molecule has 4 aromatic carbocycles. The lowest BCUT2D eigenvalue weighted by Crippen LogP contribution is -2.39. The van der Waals surface area contributed by atoms with Crippen molar-refractivity contribution in [3.8, 4) is 0 Å². The number of rotatable bonds is 10. The predicted molar refractivity (Wildman–Crippen MR) is 138 cm³/mol. The van der Waals surface area contributed by atoms with E-state index >= 15 is 0 Å². The van der Waals surface area contributed by atoms with Crippen LogP contribution in [0, 0.1) is 6.92 Å². The summed E-state index contributed by atoms with van der Waals surface area (Å²) in [5.41, 5.74) is 4.18. The standard InChI is InChI=1S/C29H30N2O2S/c1-23-17-19-27(20-18-23)34(32,33)31-29(26-15-9-4-10-16-26)28(25-13-7-3-8-14-25)30-22-21-24-11-5-2-6-12-24/h2-20,28-31H,21-22H2,1H3/t28-,29-/m1/s1. The zero-order valence-electron chi connectivity index (χ0n) is 19.3. The molecule has 2 atom stereocenters. The molecule has 174 valence electrons. The molecule has 5 heteroatoms. The zero-order valence-corrected chi connectivity index (χ0v) is 20.1. The first-order valence-electron chi connectivity index (χ1n) is 11.5. The van der Waals surface area contributed by atoms with Gasteiger partial charge in [-0.25, -0.2) is 13.1 Å². The Kier molecular flexibility index (Phi) is 7.91. The Bertz CT molecular complexity index is 1260. The first-order chi connectivity index (χ1) is 16.5. The third-order valence-corrected chi connectivity index (χ3v) is 7.34. The quantitative estimate of drug-likeness (QED) is 0.318. The molecule has 4 aromatic rings. The van der Waals surface area contributed by atoms with Gasteiger partial charge in [-0.15, -0.1) is 0 Å². The molecule has 0 unspecified atom stereocenters. The summed E-state index contributed by atoms with van der Waals surface area (Å²) in [6.45, 7) is 2.65. The molecule has 0 fully saturated rings. The minimum Gasteiger partial charge on any atom is -0.308 e. The van der Waals surface area contributed by atoms with E-state index in [1.54, 1.807) is 12.1 Å². The molecule has 0 saturated heterocycles. The fourth-order valence-electron chi connectivity index (χ4n) is 4.05. The van der Waals surface area contributed by atoms with Gasteiger partial charge in [-0.2, -0.15) is 0 Å². The lowest BCUT2D eigenvalue weighted by Gasteiger charge is -2.30. The van der Waals surface area contributed by atoms with Gasteiger partial charge < -0.3 is 5.32 Å². The van der Waals surface area contributed by atoms with Crippen molar-refractivity contribution in [2.75, 3.05) is 6.54 Å². The van der Waals surface area contributed by atoms with Crippen molar-refractivity contribution in [3.63, 3.8) is 0 Å². The van der Waals surface area contributed by atoms with Crippen molar-refractivity contribution in [1.82, 2.24) is 10.0 Å². The van der Waals surface area contributed by atoms with Gasteiger partial charge in [-0.05, 0) is 48.7 Å². The highest BCUT2D eigenvalue weighted by Gasteiger charge is 2.29. The topological polar surface area (TPSA) is 58.2 Å². The van der Waals surface area contributed by atoms with Gasteiger partial charge in [0, 0.05) is 0 Å². The van der Waals surface area contributed by atoms with Crippen molar-refractivity contribution in [3.05, 3.63) is 138 Å². The first kappa shape index (κ1) is 23.9. The number of nitrogens with one attached hydrogen (secondary N) is 2. The summed E-state index contributed by atoms with van der Waals surface area (Å²) in [6.07, 6.45) is 0.844. The van der Waals surface area contributed by atoms with Crippen LogP contribution in [0.4, 0.5) is 0 Å². The van der Waals surface area contributed by atoms with Crippen molar-refractivity contribution < 1.29 is 8.42 Å². The number of sulfonamides is 1. The highest BCUT2D eigenvalue weighted by Crippen LogP contribution is 2.31. The molecule has 4 nitrogen and oxygen atoms in total. The van der Waals surface area contributed by atoms with Gasteiger partial charge in [-0.1, -0.05) is 109 Å². The van der Waals surface area contributed by atoms with Crippen LogP contribution in [0.15, 0.2) is 120 Å². The molecule has 0 aliphatic carbocycles. The van der Waals surface area contributed by atoms with Crippen LogP contribution in [-0.2, 0) is 16.4 Å². The maximum Gasteiger partial charge on any atom is 0.241 e. The van der Waals surface area contributed by atoms with E-state index in [0.29, 0.717) is 6.54 Å². The molecule has 0 spiro atoms. The van der Waals surface area contributed by atoms with Gasteiger partial charge in [0.2, 0.25) is 10.0 Å². The Morgan fingerprint density at radius 3 is 1.71 bits per heavy atom. The fraction of sp³-hybridized carbons (Fsp3) is 0.172. The van der Waals surface area contributed by atoms with Crippen LogP contribution in [0.1, 0.15) is 34.3 Å². The van der Waals surface area contributed by atoms with Crippen LogP contribution in [-0.4, -0.2) is 15.0 Å². The average molecular weight is 471 g/mol. The molecular weight excluding hydrogens is 440 g/mol. The molecule has 0 radical (unpaired) electrons. The lowest BCUT2D eigenvalue weighted by molar-refractivity contribution is 0.425. The van der Waals surface area contributed by atoms with E-state index in [1.807, 2.05) is 97.9 Å². The number of benzene rings is 4. The lowest BCUT2D eigenvalue weighted by atomic mass is 9.94. The number of hydrogen-bond acceptors (Lipinski definition) is 3. The van der Waals surface area contributed by atoms with Crippen LogP contribution in [0.2, 0.25) is 0 Å². The summed E-state index contributed by atoms with van der Waals surface area (Å²) >= 11 is 0. The monoisotopic (exact) mass is 470 g/mol. The third kappa shape index (κ3) is 6.20. The van der Waals surface area contributed by atoms with Crippen molar-refractivity contribution in [1.29, 1.82) is 0 Å². The van der Waals surface area contributed by atoms with Gasteiger partial charge in [0.1, 0.15) is 0 Å². The van der Waals surface area contributed by atoms with Gasteiger partial charge in [-0.3, -0.25) is 0 Å². The maximum absolute atomic E-state index is 13.4. The molecule has 0 amide bonds. The van der Waals surface area contributed by atoms with E-state index in [2.05, 4.69) is 22.2 Å². The summed E-state index contributed by atoms with van der Waals surface area (Å²) in [4.78, 5) is 0.259. The molecular formula is C29H30N2O2S. The number of hydrogen-bond donors (Lipinski definition) is 2. The van der Waals surface area contributed by atoms with E-state index in [0.717, 1.165) is 23.1 Å². The summed E-state index contributed by atoms with van der Waals surface area (Å²) in [7, 11) is -3.74. The van der Waals surface area contributed by atoms with Crippen molar-refractivity contribution in [2.24, 2.45) is 0 Å². The van der Waals surface area contributed by atoms with Gasteiger partial charge in [0.15, 0.2) is 0 Å². The third-order valence-electron chi connectivity index (χ3n) is 5.88. The molecule has 0 aliphatic rings. The van der Waals surface area contributed by atoms with Gasteiger partial charge in [0.05, 0.1) is 17.0 Å². The Labute approximate surface area is 202 Å². The average Bonchev–Trinajstić information content (AvgIpc) is 2.87. The smallest absolute Gasteiger partial charge is 0.241 e. The van der Waals surface area contributed by atoms with Gasteiger partial charge >= 0.3 is 0 Å². The molecule has 4 rings (SSSR count). The second-order valence-corrected chi connectivity index (χ2v) is 10.1. The van der Waals surface area contributed by atoms with Crippen LogP contribution >= 0.6 is 0 Å². The molecule has 0 heterocycles. The van der Waals surface area contributed by atoms with Crippen LogP contribution < -0.4 is 10.0 Å². The van der Waals surface area contributed by atoms with E-state index in [1.165, 1.54) is 5.56 Å². The summed E-state index contributed by atoms with van der Waals surface area (Å²) in [6, 6.07) is 36.2. The minimum atomic E-state index is -3.74. The van der Waals surface area contributed by atoms with Crippen molar-refractivity contribution >= 4 is 10.0 Å². The number of aryl methyl sites for hydroxylation is 1. The van der Waals surface area contributed by atoms with Crippen LogP contribution in [0.3, 0.4) is 0 Å². The zero-order chi connectivity index (χ0) is 23.8. The summed E-state index contributed by atoms with van der Waals surface area (Å²) in [5.74, 6) is 0. The Morgan fingerprint density at radius 2 is 1.15 bits per heavy atom. The first-order valence-corrected chi connectivity index (χ1v) is 13.0. The molecule has 0 saturated carbocycles. The predicted octanol–water partition coefficient (Wildman–Crippen LogP) is 5.59. The van der Waals surface area contributed by atoms with Crippen molar-refractivity contribution in [2.45, 2.75) is 30.3 Å². The summed E-state index contributed by atoms with van der Waals surface area (Å²) in [5, 5.41) is 3.64. The van der Waals surface area contributed by atoms with E-state index in [9.17, 15) is 8.42 Å². The van der Waals surface area contributed by atoms with E-state index in [4.69, 9.17) is 0 Å². The highest BCUT2D eigenvalue weighted by molar-refractivity contribution is 7.89. The van der Waals surface area contributed by atoms with E-state index in [-0.39, 0.29) is 10.9 Å². The van der Waals surface area contributed by atoms with Gasteiger partial charge in [0.25, 0.3) is 0 Å². The minimum absolute atomic E-state index is 0.257. The molecule has 34 heavy (non-hydrogen) atoms. The normalized spacial score (nSPS) is 13.3. The molecule has 0 aliphatic heterocycles. The highest BCUT2D eigenvalue weighted by atomic mass is 32.2. The van der Waals surface area contributed by atoms with Crippen LogP contribution in [0.5, 0.6) is 0 Å².